The van der Waals surface area contributed by atoms with E-state index in [2.05, 4.69) is 20.8 Å². The third kappa shape index (κ3) is 2.78. The average Bonchev–Trinajstić information content (AvgIpc) is 3.09. The third-order valence-corrected chi connectivity index (χ3v) is 10.6. The van der Waals surface area contributed by atoms with Crippen LogP contribution in [0.1, 0.15) is 72.1 Å². The molecule has 0 aromatic rings. The lowest BCUT2D eigenvalue weighted by Gasteiger charge is -2.62. The fraction of sp³-hybridized carbons (Fsp3) is 1.00. The van der Waals surface area contributed by atoms with Gasteiger partial charge in [0.25, 0.3) is 0 Å². The quantitative estimate of drug-likeness (QED) is 0.626. The molecule has 0 radical (unpaired) electrons. The van der Waals surface area contributed by atoms with E-state index in [0.717, 1.165) is 64.1 Å². The summed E-state index contributed by atoms with van der Waals surface area (Å²) >= 11 is 0. The van der Waals surface area contributed by atoms with E-state index in [1.165, 1.54) is 32.1 Å². The highest BCUT2D eigenvalue weighted by molar-refractivity contribution is 5.13. The van der Waals surface area contributed by atoms with Crippen molar-refractivity contribution in [3.05, 3.63) is 0 Å². The Balaban J connectivity index is 1.29. The smallest absolute Gasteiger partial charge is 0.174 e. The summed E-state index contributed by atoms with van der Waals surface area (Å²) in [6, 6.07) is 0. The topological polar surface area (TPSA) is 49.5 Å². The van der Waals surface area contributed by atoms with Gasteiger partial charge in [-0.2, -0.15) is 0 Å². The highest BCUT2D eigenvalue weighted by Gasteiger charge is 2.67. The SMILES string of the molecule is CC1([C@H]2CC[C@H]3[C@@H]4CCC5(OCCO5)[C@](C)(CCC5CO5)[C@H]4CC[C@]23C)OCCO1. The van der Waals surface area contributed by atoms with Gasteiger partial charge in [-0.25, -0.2) is 0 Å². The largest absolute Gasteiger partial charge is 0.373 e. The summed E-state index contributed by atoms with van der Waals surface area (Å²) in [5.41, 5.74) is 0.407. The Morgan fingerprint density at radius 2 is 1.47 bits per heavy atom. The van der Waals surface area contributed by atoms with Gasteiger partial charge in [0.15, 0.2) is 11.6 Å². The minimum absolute atomic E-state index is 0.0854. The van der Waals surface area contributed by atoms with Crippen molar-refractivity contribution < 1.29 is 23.7 Å². The van der Waals surface area contributed by atoms with Gasteiger partial charge in [-0.05, 0) is 75.0 Å². The first-order chi connectivity index (χ1) is 14.4. The zero-order valence-corrected chi connectivity index (χ0v) is 19.1. The average molecular weight is 421 g/mol. The van der Waals surface area contributed by atoms with Crippen LogP contribution in [0.2, 0.25) is 0 Å². The molecule has 0 bridgehead atoms. The number of epoxide rings is 1. The maximum absolute atomic E-state index is 6.45. The molecule has 3 aliphatic heterocycles. The fourth-order valence-corrected chi connectivity index (χ4v) is 9.00. The Hall–Kier alpha value is -0.200. The van der Waals surface area contributed by atoms with Crippen LogP contribution in [0.25, 0.3) is 0 Å². The highest BCUT2D eigenvalue weighted by Crippen LogP contribution is 2.69. The van der Waals surface area contributed by atoms with E-state index in [1.54, 1.807) is 0 Å². The van der Waals surface area contributed by atoms with Crippen LogP contribution in [0, 0.1) is 34.5 Å². The van der Waals surface area contributed by atoms with E-state index in [4.69, 9.17) is 23.7 Å². The monoisotopic (exact) mass is 420 g/mol. The molecule has 3 saturated heterocycles. The van der Waals surface area contributed by atoms with Gasteiger partial charge in [-0.15, -0.1) is 0 Å². The Bertz CT molecular complexity index is 664. The molecule has 3 saturated carbocycles. The summed E-state index contributed by atoms with van der Waals surface area (Å²) in [7, 11) is 0. The number of hydrogen-bond donors (Lipinski definition) is 0. The molecule has 1 spiro atoms. The Morgan fingerprint density at radius 1 is 0.767 bits per heavy atom. The van der Waals surface area contributed by atoms with E-state index in [0.29, 0.717) is 23.4 Å². The molecule has 6 rings (SSSR count). The normalized spacial score (nSPS) is 51.1. The van der Waals surface area contributed by atoms with Gasteiger partial charge in [-0.1, -0.05) is 13.8 Å². The number of hydrogen-bond acceptors (Lipinski definition) is 5. The first kappa shape index (κ1) is 20.4. The van der Waals surface area contributed by atoms with Crippen molar-refractivity contribution in [1.82, 2.24) is 0 Å². The van der Waals surface area contributed by atoms with Gasteiger partial charge in [0, 0.05) is 17.8 Å². The lowest BCUT2D eigenvalue weighted by atomic mass is 9.46. The summed E-state index contributed by atoms with van der Waals surface area (Å²) in [6.45, 7) is 11.2. The summed E-state index contributed by atoms with van der Waals surface area (Å²) in [6.07, 6.45) is 10.2. The van der Waals surface area contributed by atoms with Crippen molar-refractivity contribution in [2.45, 2.75) is 89.8 Å². The second-order valence-corrected chi connectivity index (χ2v) is 11.7. The molecule has 5 heteroatoms. The van der Waals surface area contributed by atoms with E-state index in [-0.39, 0.29) is 17.0 Å². The Morgan fingerprint density at radius 3 is 2.17 bits per heavy atom. The Kier molecular flexibility index (Phi) is 4.69. The maximum Gasteiger partial charge on any atom is 0.174 e. The molecule has 5 nitrogen and oxygen atoms in total. The van der Waals surface area contributed by atoms with E-state index in [9.17, 15) is 0 Å². The fourth-order valence-electron chi connectivity index (χ4n) is 9.00. The second-order valence-electron chi connectivity index (χ2n) is 11.7. The number of fused-ring (bicyclic) bond motifs is 3. The molecule has 7 atom stereocenters. The Labute approximate surface area is 181 Å². The first-order valence-electron chi connectivity index (χ1n) is 12.6. The van der Waals surface area contributed by atoms with Gasteiger partial charge in [0.2, 0.25) is 0 Å². The van der Waals surface area contributed by atoms with Crippen molar-refractivity contribution in [2.75, 3.05) is 33.0 Å². The molecular weight excluding hydrogens is 380 g/mol. The van der Waals surface area contributed by atoms with Crippen molar-refractivity contribution >= 4 is 0 Å². The molecule has 0 aromatic carbocycles. The standard InChI is InChI=1S/C25H40O5/c1-22-9-8-20-18(19(22)4-5-21(22)24(3)27-12-13-28-24)7-11-25(29-14-15-30-25)23(20,2)10-6-17-16-26-17/h17-21H,4-16H2,1-3H3/t17?,18-,19-,20-,21-,22-,23+/m0/s1. The van der Waals surface area contributed by atoms with Crippen molar-refractivity contribution in [3.63, 3.8) is 0 Å². The van der Waals surface area contributed by atoms with Crippen LogP contribution < -0.4 is 0 Å². The molecule has 6 fully saturated rings. The molecular formula is C25H40O5. The minimum Gasteiger partial charge on any atom is -0.373 e. The summed E-state index contributed by atoms with van der Waals surface area (Å²) in [5, 5.41) is 0. The summed E-state index contributed by atoms with van der Waals surface area (Å²) < 4.78 is 30.9. The second kappa shape index (κ2) is 6.90. The van der Waals surface area contributed by atoms with E-state index in [1.807, 2.05) is 0 Å². The van der Waals surface area contributed by atoms with Gasteiger partial charge in [0.05, 0.1) is 39.1 Å². The molecule has 30 heavy (non-hydrogen) atoms. The maximum atomic E-state index is 6.45. The minimum atomic E-state index is -0.378. The summed E-state index contributed by atoms with van der Waals surface area (Å²) in [4.78, 5) is 0. The predicted molar refractivity (Wildman–Crippen MR) is 112 cm³/mol. The van der Waals surface area contributed by atoms with Crippen molar-refractivity contribution in [1.29, 1.82) is 0 Å². The zero-order valence-electron chi connectivity index (χ0n) is 19.1. The molecule has 3 heterocycles. The van der Waals surface area contributed by atoms with Crippen molar-refractivity contribution in [2.24, 2.45) is 34.5 Å². The van der Waals surface area contributed by atoms with Crippen LogP contribution in [0.4, 0.5) is 0 Å². The van der Waals surface area contributed by atoms with Gasteiger partial charge in [0.1, 0.15) is 0 Å². The first-order valence-corrected chi connectivity index (χ1v) is 12.6. The number of rotatable bonds is 4. The lowest BCUT2D eigenvalue weighted by molar-refractivity contribution is -0.295. The third-order valence-electron chi connectivity index (χ3n) is 10.6. The summed E-state index contributed by atoms with van der Waals surface area (Å²) in [5.74, 6) is 1.98. The predicted octanol–water partition coefficient (Wildman–Crippen LogP) is 4.53. The van der Waals surface area contributed by atoms with E-state index >= 15 is 0 Å². The molecule has 0 aromatic heterocycles. The van der Waals surface area contributed by atoms with Crippen LogP contribution in [0.3, 0.4) is 0 Å². The van der Waals surface area contributed by atoms with Crippen LogP contribution >= 0.6 is 0 Å². The zero-order chi connectivity index (χ0) is 20.6. The van der Waals surface area contributed by atoms with Crippen LogP contribution in [0.5, 0.6) is 0 Å². The molecule has 170 valence electrons. The molecule has 1 unspecified atom stereocenters. The molecule has 0 N–H and O–H groups in total. The van der Waals surface area contributed by atoms with Gasteiger partial charge >= 0.3 is 0 Å². The molecule has 0 amide bonds. The molecule has 3 aliphatic carbocycles. The molecule has 6 aliphatic rings. The van der Waals surface area contributed by atoms with Crippen LogP contribution in [-0.2, 0) is 23.7 Å². The lowest BCUT2D eigenvalue weighted by Crippen LogP contribution is -2.61. The number of ether oxygens (including phenoxy) is 5. The van der Waals surface area contributed by atoms with Crippen LogP contribution in [-0.4, -0.2) is 50.7 Å². The highest BCUT2D eigenvalue weighted by atomic mass is 16.7. The van der Waals surface area contributed by atoms with Gasteiger partial charge < -0.3 is 23.7 Å². The van der Waals surface area contributed by atoms with Gasteiger partial charge in [-0.3, -0.25) is 0 Å². The van der Waals surface area contributed by atoms with Crippen molar-refractivity contribution in [3.8, 4) is 0 Å². The van der Waals surface area contributed by atoms with Crippen LogP contribution in [0.15, 0.2) is 0 Å². The van der Waals surface area contributed by atoms with E-state index < -0.39 is 0 Å².